The Bertz CT molecular complexity index is 1120. The number of hydrogen-bond acceptors (Lipinski definition) is 5. The van der Waals surface area contributed by atoms with Gasteiger partial charge in [-0.15, -0.1) is 0 Å². The standard InChI is InChI=1S/C24H28N2O5/c1-16-6-5-7-21(17(16)2)25-23(27)15-26(10-11-29-3)14-18-12-24(28)31-22-13-19(30-4)8-9-20(18)22/h5-9,12-13H,10-11,14-15H2,1-4H3,(H,25,27)/p+1. The van der Waals surface area contributed by atoms with Gasteiger partial charge in [0.2, 0.25) is 0 Å². The molecule has 7 heteroatoms. The maximum absolute atomic E-state index is 12.8. The molecule has 0 radical (unpaired) electrons. The van der Waals surface area contributed by atoms with Crippen LogP contribution in [-0.4, -0.2) is 39.8 Å². The molecule has 31 heavy (non-hydrogen) atoms. The monoisotopic (exact) mass is 425 g/mol. The van der Waals surface area contributed by atoms with Gasteiger partial charge in [0.25, 0.3) is 5.91 Å². The van der Waals surface area contributed by atoms with Crippen LogP contribution in [0.4, 0.5) is 5.69 Å². The van der Waals surface area contributed by atoms with Crippen molar-refractivity contribution in [1.82, 2.24) is 0 Å². The number of hydrogen-bond donors (Lipinski definition) is 2. The van der Waals surface area contributed by atoms with Crippen molar-refractivity contribution in [1.29, 1.82) is 0 Å². The van der Waals surface area contributed by atoms with E-state index in [0.717, 1.165) is 32.7 Å². The first-order valence-corrected chi connectivity index (χ1v) is 10.2. The van der Waals surface area contributed by atoms with Crippen molar-refractivity contribution in [3.05, 3.63) is 69.6 Å². The molecule has 1 unspecified atom stereocenters. The predicted molar refractivity (Wildman–Crippen MR) is 120 cm³/mol. The number of carbonyl (C=O) groups excluding carboxylic acids is 1. The Labute approximate surface area is 181 Å². The van der Waals surface area contributed by atoms with Gasteiger partial charge in [0.1, 0.15) is 24.4 Å². The fraction of sp³-hybridized carbons (Fsp3) is 0.333. The third-order valence-corrected chi connectivity index (χ3v) is 5.43. The quantitative estimate of drug-likeness (QED) is 0.513. The molecule has 1 atom stereocenters. The molecule has 0 aliphatic carbocycles. The summed E-state index contributed by atoms with van der Waals surface area (Å²) in [4.78, 5) is 25.9. The minimum atomic E-state index is -0.429. The highest BCUT2D eigenvalue weighted by atomic mass is 16.5. The second-order valence-corrected chi connectivity index (χ2v) is 7.59. The SMILES string of the molecule is COCC[NH+](CC(=O)Nc1cccc(C)c1C)Cc1cc(=O)oc2cc(OC)ccc12. The average molecular weight is 426 g/mol. The Balaban J connectivity index is 1.82. The highest BCUT2D eigenvalue weighted by Crippen LogP contribution is 2.22. The van der Waals surface area contributed by atoms with Crippen LogP contribution in [-0.2, 0) is 16.1 Å². The topological polar surface area (TPSA) is 82.2 Å². The molecule has 0 spiro atoms. The van der Waals surface area contributed by atoms with E-state index in [-0.39, 0.29) is 12.5 Å². The lowest BCUT2D eigenvalue weighted by Crippen LogP contribution is -3.12. The summed E-state index contributed by atoms with van der Waals surface area (Å²) in [5.74, 6) is 0.526. The van der Waals surface area contributed by atoms with Crippen molar-refractivity contribution in [2.45, 2.75) is 20.4 Å². The van der Waals surface area contributed by atoms with E-state index in [9.17, 15) is 9.59 Å². The van der Waals surface area contributed by atoms with Gasteiger partial charge in [0.15, 0.2) is 6.54 Å². The lowest BCUT2D eigenvalue weighted by atomic mass is 10.1. The minimum absolute atomic E-state index is 0.0891. The van der Waals surface area contributed by atoms with E-state index in [4.69, 9.17) is 13.9 Å². The van der Waals surface area contributed by atoms with Crippen LogP contribution in [0, 0.1) is 13.8 Å². The van der Waals surface area contributed by atoms with Gasteiger partial charge in [0.05, 0.1) is 13.7 Å². The summed E-state index contributed by atoms with van der Waals surface area (Å²) in [6, 6.07) is 12.7. The van der Waals surface area contributed by atoms with E-state index in [1.165, 1.54) is 6.07 Å². The Morgan fingerprint density at radius 2 is 1.94 bits per heavy atom. The molecule has 2 N–H and O–H groups in total. The van der Waals surface area contributed by atoms with E-state index >= 15 is 0 Å². The molecule has 0 saturated carbocycles. The molecule has 0 aliphatic heterocycles. The van der Waals surface area contributed by atoms with Crippen molar-refractivity contribution in [3.63, 3.8) is 0 Å². The number of anilines is 1. The number of carbonyl (C=O) groups is 1. The predicted octanol–water partition coefficient (Wildman–Crippen LogP) is 2.09. The van der Waals surface area contributed by atoms with Gasteiger partial charge in [-0.2, -0.15) is 0 Å². The molecule has 2 aromatic carbocycles. The van der Waals surface area contributed by atoms with Gasteiger partial charge in [-0.3, -0.25) is 4.79 Å². The van der Waals surface area contributed by atoms with Crippen LogP contribution in [0.2, 0.25) is 0 Å². The number of nitrogens with one attached hydrogen (secondary N) is 2. The first-order chi connectivity index (χ1) is 14.9. The number of fused-ring (bicyclic) bond motifs is 1. The Hall–Kier alpha value is -3.16. The number of benzene rings is 2. The number of rotatable bonds is 9. The fourth-order valence-corrected chi connectivity index (χ4v) is 3.55. The summed E-state index contributed by atoms with van der Waals surface area (Å²) in [5.41, 5.74) is 3.84. The van der Waals surface area contributed by atoms with Crippen LogP contribution in [0.3, 0.4) is 0 Å². The molecule has 3 aromatic rings. The molecule has 7 nitrogen and oxygen atoms in total. The summed E-state index contributed by atoms with van der Waals surface area (Å²) < 4.78 is 15.8. The molecule has 1 amide bonds. The van der Waals surface area contributed by atoms with E-state index in [1.54, 1.807) is 20.3 Å². The molecular formula is C24H29N2O5+. The molecule has 1 heterocycles. The largest absolute Gasteiger partial charge is 0.497 e. The van der Waals surface area contributed by atoms with E-state index in [1.807, 2.05) is 44.2 Å². The number of ether oxygens (including phenoxy) is 2. The van der Waals surface area contributed by atoms with Gasteiger partial charge in [-0.25, -0.2) is 4.79 Å². The number of quaternary nitrogens is 1. The Morgan fingerprint density at radius 1 is 1.13 bits per heavy atom. The smallest absolute Gasteiger partial charge is 0.336 e. The number of amides is 1. The van der Waals surface area contributed by atoms with Crippen LogP contribution in [0.15, 0.2) is 51.7 Å². The third-order valence-electron chi connectivity index (χ3n) is 5.43. The van der Waals surface area contributed by atoms with Crippen molar-refractivity contribution in [2.24, 2.45) is 0 Å². The van der Waals surface area contributed by atoms with Crippen LogP contribution in [0.1, 0.15) is 16.7 Å². The van der Waals surface area contributed by atoms with Crippen LogP contribution >= 0.6 is 0 Å². The molecular weight excluding hydrogens is 396 g/mol. The van der Waals surface area contributed by atoms with E-state index in [0.29, 0.717) is 31.0 Å². The fourth-order valence-electron chi connectivity index (χ4n) is 3.55. The molecule has 3 rings (SSSR count). The zero-order valence-corrected chi connectivity index (χ0v) is 18.4. The van der Waals surface area contributed by atoms with Crippen molar-refractivity contribution in [2.75, 3.05) is 39.2 Å². The second-order valence-electron chi connectivity index (χ2n) is 7.59. The summed E-state index contributed by atoms with van der Waals surface area (Å²) in [7, 11) is 3.20. The Morgan fingerprint density at radius 3 is 2.68 bits per heavy atom. The number of aryl methyl sites for hydroxylation is 1. The van der Waals surface area contributed by atoms with E-state index < -0.39 is 5.63 Å². The normalized spacial score (nSPS) is 12.0. The van der Waals surface area contributed by atoms with Gasteiger partial charge < -0.3 is 24.1 Å². The second kappa shape index (κ2) is 10.2. The first-order valence-electron chi connectivity index (χ1n) is 10.2. The maximum atomic E-state index is 12.8. The van der Waals surface area contributed by atoms with Crippen LogP contribution in [0.5, 0.6) is 5.75 Å². The van der Waals surface area contributed by atoms with Crippen molar-refractivity contribution < 1.29 is 23.6 Å². The van der Waals surface area contributed by atoms with Gasteiger partial charge in [-0.1, -0.05) is 12.1 Å². The van der Waals surface area contributed by atoms with Crippen LogP contribution in [0.25, 0.3) is 11.0 Å². The average Bonchev–Trinajstić information content (AvgIpc) is 2.74. The maximum Gasteiger partial charge on any atom is 0.336 e. The zero-order chi connectivity index (χ0) is 22.4. The van der Waals surface area contributed by atoms with Crippen LogP contribution < -0.4 is 20.6 Å². The minimum Gasteiger partial charge on any atom is -0.497 e. The lowest BCUT2D eigenvalue weighted by molar-refractivity contribution is -0.906. The van der Waals surface area contributed by atoms with E-state index in [2.05, 4.69) is 5.32 Å². The lowest BCUT2D eigenvalue weighted by Gasteiger charge is -2.20. The molecule has 1 aromatic heterocycles. The highest BCUT2D eigenvalue weighted by Gasteiger charge is 2.18. The molecule has 0 aliphatic rings. The number of methoxy groups -OCH3 is 2. The first kappa shape index (κ1) is 22.5. The highest BCUT2D eigenvalue weighted by molar-refractivity contribution is 5.92. The molecule has 0 fully saturated rings. The zero-order valence-electron chi connectivity index (χ0n) is 18.4. The third kappa shape index (κ3) is 5.71. The summed E-state index contributed by atoms with van der Waals surface area (Å²) >= 11 is 0. The van der Waals surface area contributed by atoms with Crippen molar-refractivity contribution >= 4 is 22.6 Å². The van der Waals surface area contributed by atoms with Crippen molar-refractivity contribution in [3.8, 4) is 5.75 Å². The van der Waals surface area contributed by atoms with Gasteiger partial charge in [0, 0.05) is 35.9 Å². The summed E-state index contributed by atoms with van der Waals surface area (Å²) in [5, 5.41) is 3.83. The van der Waals surface area contributed by atoms with Gasteiger partial charge in [-0.05, 0) is 43.2 Å². The van der Waals surface area contributed by atoms with Gasteiger partial charge >= 0.3 is 5.63 Å². The molecule has 0 bridgehead atoms. The Kier molecular flexibility index (Phi) is 7.44. The molecule has 0 saturated heterocycles. The summed E-state index contributed by atoms with van der Waals surface area (Å²) in [6.07, 6.45) is 0. The molecule has 164 valence electrons. The summed E-state index contributed by atoms with van der Waals surface area (Å²) in [6.45, 7) is 5.85.